The van der Waals surface area contributed by atoms with E-state index in [2.05, 4.69) is 24.4 Å². The molecule has 0 bridgehead atoms. The summed E-state index contributed by atoms with van der Waals surface area (Å²) in [6.07, 6.45) is 5.90. The summed E-state index contributed by atoms with van der Waals surface area (Å²) < 4.78 is 0. The van der Waals surface area contributed by atoms with E-state index in [1.54, 1.807) is 0 Å². The number of nitrogens with one attached hydrogen (secondary N) is 1. The van der Waals surface area contributed by atoms with Crippen molar-refractivity contribution in [3.05, 3.63) is 35.4 Å². The summed E-state index contributed by atoms with van der Waals surface area (Å²) in [6.45, 7) is 3.84. The maximum Gasteiger partial charge on any atom is 0.240 e. The largest absolute Gasteiger partial charge is 0.348 e. The predicted molar refractivity (Wildman–Crippen MR) is 99.2 cm³/mol. The van der Waals surface area contributed by atoms with Crippen LogP contribution < -0.4 is 5.32 Å². The summed E-state index contributed by atoms with van der Waals surface area (Å²) in [5, 5.41) is 2.91. The number of rotatable bonds is 5. The molecular weight excluding hydrogens is 328 g/mol. The fourth-order valence-electron chi connectivity index (χ4n) is 4.20. The molecule has 26 heavy (non-hydrogen) atoms. The summed E-state index contributed by atoms with van der Waals surface area (Å²) in [4.78, 5) is 38.7. The minimum atomic E-state index is -0.531. The number of carbonyl (C=O) groups excluding carboxylic acids is 3. The van der Waals surface area contributed by atoms with E-state index < -0.39 is 5.41 Å². The molecule has 3 amide bonds. The molecule has 1 heterocycles. The van der Waals surface area contributed by atoms with Gasteiger partial charge in [-0.2, -0.15) is 0 Å². The van der Waals surface area contributed by atoms with E-state index in [1.165, 1.54) is 10.5 Å². The maximum absolute atomic E-state index is 12.8. The molecule has 2 aliphatic rings. The second-order valence-electron chi connectivity index (χ2n) is 7.69. The highest BCUT2D eigenvalue weighted by molar-refractivity contribution is 6.08. The zero-order chi connectivity index (χ0) is 18.7. The number of amides is 3. The van der Waals surface area contributed by atoms with Crippen LogP contribution in [0.15, 0.2) is 24.3 Å². The Morgan fingerprint density at radius 1 is 1.15 bits per heavy atom. The van der Waals surface area contributed by atoms with Gasteiger partial charge in [-0.15, -0.1) is 0 Å². The third-order valence-corrected chi connectivity index (χ3v) is 5.87. The average Bonchev–Trinajstić information content (AvgIpc) is 2.86. The van der Waals surface area contributed by atoms with E-state index in [9.17, 15) is 14.4 Å². The van der Waals surface area contributed by atoms with Gasteiger partial charge in [-0.25, -0.2) is 0 Å². The molecule has 1 aromatic carbocycles. The van der Waals surface area contributed by atoms with Crippen molar-refractivity contribution in [2.75, 3.05) is 6.54 Å². The van der Waals surface area contributed by atoms with Gasteiger partial charge in [0.05, 0.1) is 11.5 Å². The van der Waals surface area contributed by atoms with E-state index in [0.717, 1.165) is 44.1 Å². The number of likely N-dealkylation sites (tertiary alicyclic amines) is 1. The molecule has 0 radical (unpaired) electrons. The lowest BCUT2D eigenvalue weighted by Gasteiger charge is -2.30. The number of hydrogen-bond acceptors (Lipinski definition) is 3. The van der Waals surface area contributed by atoms with Crippen LogP contribution in [0.1, 0.15) is 69.5 Å². The Balaban J connectivity index is 1.60. The Hall–Kier alpha value is -2.17. The Bertz CT molecular complexity index is 690. The molecule has 1 saturated heterocycles. The predicted octanol–water partition coefficient (Wildman–Crippen LogP) is 3.14. The zero-order valence-corrected chi connectivity index (χ0v) is 15.7. The highest BCUT2D eigenvalue weighted by Gasteiger charge is 2.51. The van der Waals surface area contributed by atoms with Crippen LogP contribution >= 0.6 is 0 Å². The first-order chi connectivity index (χ1) is 12.4. The van der Waals surface area contributed by atoms with E-state index in [4.69, 9.17) is 0 Å². The van der Waals surface area contributed by atoms with Gasteiger partial charge in [-0.3, -0.25) is 19.3 Å². The first-order valence-corrected chi connectivity index (χ1v) is 9.68. The van der Waals surface area contributed by atoms with Crippen LogP contribution in [-0.4, -0.2) is 29.2 Å². The first-order valence-electron chi connectivity index (χ1n) is 9.68. The summed E-state index contributed by atoms with van der Waals surface area (Å²) in [5.74, 6) is -0.629. The molecule has 5 heteroatoms. The van der Waals surface area contributed by atoms with Gasteiger partial charge in [-0.1, -0.05) is 50.5 Å². The molecule has 2 fully saturated rings. The van der Waals surface area contributed by atoms with Crippen molar-refractivity contribution >= 4 is 17.7 Å². The number of nitrogens with zero attached hydrogens (tertiary/aromatic N) is 1. The van der Waals surface area contributed by atoms with Gasteiger partial charge in [0.1, 0.15) is 6.54 Å². The number of benzene rings is 1. The molecule has 1 aliphatic heterocycles. The molecule has 140 valence electrons. The Labute approximate surface area is 155 Å². The average molecular weight is 356 g/mol. The SMILES string of the molecule is CCc1ccc(C(C)NC(=O)CN2C(=O)CC3(CCCCC3)C2=O)cc1. The molecule has 3 rings (SSSR count). The van der Waals surface area contributed by atoms with E-state index in [-0.39, 0.29) is 36.7 Å². The minimum absolute atomic E-state index is 0.141. The lowest BCUT2D eigenvalue weighted by molar-refractivity contribution is -0.145. The van der Waals surface area contributed by atoms with Gasteiger partial charge in [0.15, 0.2) is 0 Å². The number of aryl methyl sites for hydroxylation is 1. The third kappa shape index (κ3) is 3.67. The number of hydrogen-bond donors (Lipinski definition) is 1. The summed E-state index contributed by atoms with van der Waals surface area (Å²) in [7, 11) is 0. The summed E-state index contributed by atoms with van der Waals surface area (Å²) in [5.41, 5.74) is 1.73. The van der Waals surface area contributed by atoms with Gasteiger partial charge < -0.3 is 5.32 Å². The van der Waals surface area contributed by atoms with Gasteiger partial charge in [0.2, 0.25) is 17.7 Å². The van der Waals surface area contributed by atoms with Crippen molar-refractivity contribution in [3.8, 4) is 0 Å². The fourth-order valence-corrected chi connectivity index (χ4v) is 4.20. The monoisotopic (exact) mass is 356 g/mol. The van der Waals surface area contributed by atoms with Crippen LogP contribution in [0.25, 0.3) is 0 Å². The Morgan fingerprint density at radius 3 is 2.42 bits per heavy atom. The number of carbonyl (C=O) groups is 3. The van der Waals surface area contributed by atoms with Crippen LogP contribution in [0.3, 0.4) is 0 Å². The van der Waals surface area contributed by atoms with Crippen molar-refractivity contribution in [3.63, 3.8) is 0 Å². The van der Waals surface area contributed by atoms with Crippen LogP contribution in [-0.2, 0) is 20.8 Å². The molecule has 1 aliphatic carbocycles. The number of imide groups is 1. The lowest BCUT2D eigenvalue weighted by Crippen LogP contribution is -2.43. The third-order valence-electron chi connectivity index (χ3n) is 5.87. The van der Waals surface area contributed by atoms with Crippen LogP contribution in [0.5, 0.6) is 0 Å². The lowest BCUT2D eigenvalue weighted by atomic mass is 9.73. The molecule has 1 saturated carbocycles. The van der Waals surface area contributed by atoms with Crippen LogP contribution in [0, 0.1) is 5.41 Å². The summed E-state index contributed by atoms with van der Waals surface area (Å²) >= 11 is 0. The molecule has 1 spiro atoms. The van der Waals surface area contributed by atoms with E-state index in [1.807, 2.05) is 19.1 Å². The quantitative estimate of drug-likeness (QED) is 0.824. The molecule has 0 aromatic heterocycles. The second-order valence-corrected chi connectivity index (χ2v) is 7.69. The van der Waals surface area contributed by atoms with Crippen molar-refractivity contribution in [1.29, 1.82) is 0 Å². The van der Waals surface area contributed by atoms with E-state index in [0.29, 0.717) is 0 Å². The molecule has 1 unspecified atom stereocenters. The molecule has 1 N–H and O–H groups in total. The molecule has 1 atom stereocenters. The first kappa shape index (κ1) is 18.6. The molecule has 5 nitrogen and oxygen atoms in total. The van der Waals surface area contributed by atoms with Crippen molar-refractivity contribution in [2.24, 2.45) is 5.41 Å². The second kappa shape index (κ2) is 7.60. The Morgan fingerprint density at radius 2 is 1.81 bits per heavy atom. The van der Waals surface area contributed by atoms with Crippen molar-refractivity contribution < 1.29 is 14.4 Å². The smallest absolute Gasteiger partial charge is 0.240 e. The topological polar surface area (TPSA) is 66.5 Å². The molecule has 1 aromatic rings. The normalized spacial score (nSPS) is 20.5. The van der Waals surface area contributed by atoms with Crippen molar-refractivity contribution in [2.45, 2.75) is 64.8 Å². The van der Waals surface area contributed by atoms with Crippen LogP contribution in [0.2, 0.25) is 0 Å². The molecular formula is C21H28N2O3. The zero-order valence-electron chi connectivity index (χ0n) is 15.7. The van der Waals surface area contributed by atoms with E-state index >= 15 is 0 Å². The van der Waals surface area contributed by atoms with Crippen LogP contribution in [0.4, 0.5) is 0 Å². The van der Waals surface area contributed by atoms with Gasteiger partial charge in [0, 0.05) is 6.42 Å². The van der Waals surface area contributed by atoms with Gasteiger partial charge in [0.25, 0.3) is 0 Å². The van der Waals surface area contributed by atoms with Gasteiger partial charge in [-0.05, 0) is 37.3 Å². The Kier molecular flexibility index (Phi) is 5.44. The van der Waals surface area contributed by atoms with Gasteiger partial charge >= 0.3 is 0 Å². The highest BCUT2D eigenvalue weighted by atomic mass is 16.2. The van der Waals surface area contributed by atoms with Crippen molar-refractivity contribution in [1.82, 2.24) is 10.2 Å². The maximum atomic E-state index is 12.8. The standard InChI is InChI=1S/C21H28N2O3/c1-3-16-7-9-17(10-8-16)15(2)22-18(24)14-23-19(25)13-21(20(23)26)11-5-4-6-12-21/h7-10,15H,3-6,11-14H2,1-2H3,(H,22,24). The minimum Gasteiger partial charge on any atom is -0.348 e. The summed E-state index contributed by atoms with van der Waals surface area (Å²) in [6, 6.07) is 7.96. The highest BCUT2D eigenvalue weighted by Crippen LogP contribution is 2.45. The fraction of sp³-hybridized carbons (Fsp3) is 0.571.